The van der Waals surface area contributed by atoms with E-state index in [1.54, 1.807) is 12.1 Å². The molecule has 0 aliphatic heterocycles. The van der Waals surface area contributed by atoms with E-state index in [9.17, 15) is 4.79 Å². The minimum Gasteiger partial charge on any atom is -0.469 e. The highest BCUT2D eigenvalue weighted by molar-refractivity contribution is 6.42. The summed E-state index contributed by atoms with van der Waals surface area (Å²) in [6.07, 6.45) is 0.753. The van der Waals surface area contributed by atoms with Gasteiger partial charge in [0.05, 0.1) is 23.6 Å². The molecule has 0 fully saturated rings. The fourth-order valence-electron chi connectivity index (χ4n) is 1.34. The maximum Gasteiger partial charge on any atom is 0.307 e. The topological polar surface area (TPSA) is 52.3 Å². The molecular weight excluding hydrogens is 284 g/mol. The van der Waals surface area contributed by atoms with E-state index < -0.39 is 0 Å². The molecule has 0 saturated heterocycles. The molecule has 0 aromatic heterocycles. The first-order chi connectivity index (χ1) is 7.52. The molecule has 1 aromatic carbocycles. The standard InChI is InChI=1S/C11H13Cl2NO2.ClH/c1-16-11(15)6-8(14)4-7-2-3-9(12)10(13)5-7;/h2-3,5,8H,4,6,14H2,1H3;1H/t8-;/m0./s1. The SMILES string of the molecule is COC(=O)C[C@@H](N)Cc1ccc(Cl)c(Cl)c1.Cl. The van der Waals surface area contributed by atoms with Crippen molar-refractivity contribution in [3.8, 4) is 0 Å². The van der Waals surface area contributed by atoms with Crippen LogP contribution < -0.4 is 5.73 Å². The van der Waals surface area contributed by atoms with Crippen molar-refractivity contribution < 1.29 is 9.53 Å². The van der Waals surface area contributed by atoms with Gasteiger partial charge >= 0.3 is 5.97 Å². The van der Waals surface area contributed by atoms with Gasteiger partial charge in [0.2, 0.25) is 0 Å². The van der Waals surface area contributed by atoms with Crippen LogP contribution in [0.5, 0.6) is 0 Å². The summed E-state index contributed by atoms with van der Waals surface area (Å²) in [5.74, 6) is -0.312. The molecule has 1 rings (SSSR count). The minimum atomic E-state index is -0.312. The second kappa shape index (κ2) is 7.77. The number of hydrogen-bond donors (Lipinski definition) is 1. The van der Waals surface area contributed by atoms with E-state index in [1.165, 1.54) is 7.11 Å². The Hall–Kier alpha value is -0.480. The molecule has 1 aromatic rings. The van der Waals surface area contributed by atoms with Crippen molar-refractivity contribution in [1.29, 1.82) is 0 Å². The van der Waals surface area contributed by atoms with Crippen LogP contribution in [0.1, 0.15) is 12.0 Å². The monoisotopic (exact) mass is 297 g/mol. The van der Waals surface area contributed by atoms with E-state index in [0.29, 0.717) is 16.5 Å². The first-order valence-corrected chi connectivity index (χ1v) is 5.55. The van der Waals surface area contributed by atoms with Crippen LogP contribution in [0.3, 0.4) is 0 Å². The number of benzene rings is 1. The first-order valence-electron chi connectivity index (χ1n) is 4.79. The van der Waals surface area contributed by atoms with Crippen molar-refractivity contribution in [1.82, 2.24) is 0 Å². The number of methoxy groups -OCH3 is 1. The zero-order chi connectivity index (χ0) is 12.1. The molecule has 2 N–H and O–H groups in total. The quantitative estimate of drug-likeness (QED) is 0.870. The predicted molar refractivity (Wildman–Crippen MR) is 72.0 cm³/mol. The molecule has 0 unspecified atom stereocenters. The summed E-state index contributed by atoms with van der Waals surface area (Å²) >= 11 is 11.7. The highest BCUT2D eigenvalue weighted by atomic mass is 35.5. The van der Waals surface area contributed by atoms with Crippen molar-refractivity contribution >= 4 is 41.6 Å². The fraction of sp³-hybridized carbons (Fsp3) is 0.364. The third-order valence-electron chi connectivity index (χ3n) is 2.14. The van der Waals surface area contributed by atoms with Gasteiger partial charge in [0.15, 0.2) is 0 Å². The minimum absolute atomic E-state index is 0. The summed E-state index contributed by atoms with van der Waals surface area (Å²) in [5.41, 5.74) is 6.74. The van der Waals surface area contributed by atoms with Gasteiger partial charge in [0, 0.05) is 6.04 Å². The predicted octanol–water partition coefficient (Wildman–Crippen LogP) is 2.85. The van der Waals surface area contributed by atoms with Crippen LogP contribution in [0.25, 0.3) is 0 Å². The van der Waals surface area contributed by atoms with Gasteiger partial charge in [-0.2, -0.15) is 0 Å². The van der Waals surface area contributed by atoms with E-state index >= 15 is 0 Å². The fourth-order valence-corrected chi connectivity index (χ4v) is 1.66. The molecule has 0 saturated carbocycles. The average molecular weight is 299 g/mol. The van der Waals surface area contributed by atoms with Crippen molar-refractivity contribution in [2.45, 2.75) is 18.9 Å². The van der Waals surface area contributed by atoms with E-state index in [1.807, 2.05) is 6.07 Å². The van der Waals surface area contributed by atoms with E-state index in [-0.39, 0.29) is 30.8 Å². The first kappa shape index (κ1) is 16.5. The molecule has 17 heavy (non-hydrogen) atoms. The molecule has 96 valence electrons. The molecule has 6 heteroatoms. The smallest absolute Gasteiger partial charge is 0.307 e. The summed E-state index contributed by atoms with van der Waals surface area (Å²) in [7, 11) is 1.34. The Kier molecular flexibility index (Phi) is 7.55. The van der Waals surface area contributed by atoms with Crippen LogP contribution in [0, 0.1) is 0 Å². The molecular formula is C11H14Cl3NO2. The highest BCUT2D eigenvalue weighted by Crippen LogP contribution is 2.23. The second-order valence-electron chi connectivity index (χ2n) is 3.49. The number of halogens is 3. The molecule has 1 atom stereocenters. The lowest BCUT2D eigenvalue weighted by Gasteiger charge is -2.10. The summed E-state index contributed by atoms with van der Waals surface area (Å²) < 4.78 is 4.54. The highest BCUT2D eigenvalue weighted by Gasteiger charge is 2.11. The number of carbonyl (C=O) groups excluding carboxylic acids is 1. The molecule has 0 aliphatic rings. The lowest BCUT2D eigenvalue weighted by molar-refractivity contribution is -0.140. The summed E-state index contributed by atoms with van der Waals surface area (Å²) in [4.78, 5) is 11.0. The number of nitrogens with two attached hydrogens (primary N) is 1. The van der Waals surface area contributed by atoms with Crippen LogP contribution in [0.15, 0.2) is 18.2 Å². The molecule has 0 spiro atoms. The average Bonchev–Trinajstić information content (AvgIpc) is 2.23. The van der Waals surface area contributed by atoms with Gasteiger partial charge in [-0.05, 0) is 24.1 Å². The number of hydrogen-bond acceptors (Lipinski definition) is 3. The Morgan fingerprint density at radius 3 is 2.59 bits per heavy atom. The molecule has 0 aliphatic carbocycles. The van der Waals surface area contributed by atoms with Gasteiger partial charge in [-0.15, -0.1) is 12.4 Å². The molecule has 0 bridgehead atoms. The third kappa shape index (κ3) is 5.59. The normalized spacial score (nSPS) is 11.5. The zero-order valence-corrected chi connectivity index (χ0v) is 11.6. The number of esters is 1. The van der Waals surface area contributed by atoms with Gasteiger partial charge in [-0.25, -0.2) is 0 Å². The molecule has 0 amide bonds. The van der Waals surface area contributed by atoms with Crippen LogP contribution in [0.2, 0.25) is 10.0 Å². The maximum atomic E-state index is 11.0. The van der Waals surface area contributed by atoms with E-state index in [2.05, 4.69) is 4.74 Å². The Morgan fingerprint density at radius 2 is 2.06 bits per heavy atom. The number of carbonyl (C=O) groups is 1. The van der Waals surface area contributed by atoms with Crippen molar-refractivity contribution in [3.63, 3.8) is 0 Å². The Labute approximate surface area is 117 Å². The van der Waals surface area contributed by atoms with Crippen molar-refractivity contribution in [2.75, 3.05) is 7.11 Å². The molecule has 0 radical (unpaired) electrons. The van der Waals surface area contributed by atoms with Gasteiger partial charge in [0.1, 0.15) is 0 Å². The summed E-state index contributed by atoms with van der Waals surface area (Å²) in [5, 5.41) is 0.997. The number of rotatable bonds is 4. The Bertz CT molecular complexity index is 385. The Morgan fingerprint density at radius 1 is 1.41 bits per heavy atom. The second-order valence-corrected chi connectivity index (χ2v) is 4.31. The molecule has 3 nitrogen and oxygen atoms in total. The van der Waals surface area contributed by atoms with Gasteiger partial charge in [-0.1, -0.05) is 29.3 Å². The summed E-state index contributed by atoms with van der Waals surface area (Å²) in [6, 6.07) is 5.03. The third-order valence-corrected chi connectivity index (χ3v) is 2.88. The zero-order valence-electron chi connectivity index (χ0n) is 9.28. The van der Waals surface area contributed by atoms with Crippen LogP contribution in [-0.4, -0.2) is 19.1 Å². The lowest BCUT2D eigenvalue weighted by atomic mass is 10.0. The maximum absolute atomic E-state index is 11.0. The lowest BCUT2D eigenvalue weighted by Crippen LogP contribution is -2.26. The van der Waals surface area contributed by atoms with Gasteiger partial charge < -0.3 is 10.5 Å². The van der Waals surface area contributed by atoms with Gasteiger partial charge in [0.25, 0.3) is 0 Å². The summed E-state index contributed by atoms with van der Waals surface area (Å²) in [6.45, 7) is 0. The largest absolute Gasteiger partial charge is 0.469 e. The van der Waals surface area contributed by atoms with Gasteiger partial charge in [-0.3, -0.25) is 4.79 Å². The van der Waals surface area contributed by atoms with Crippen LogP contribution in [0.4, 0.5) is 0 Å². The van der Waals surface area contributed by atoms with Crippen molar-refractivity contribution in [2.24, 2.45) is 5.73 Å². The van der Waals surface area contributed by atoms with Crippen LogP contribution in [-0.2, 0) is 16.0 Å². The van der Waals surface area contributed by atoms with Crippen LogP contribution >= 0.6 is 35.6 Å². The van der Waals surface area contributed by atoms with Crippen molar-refractivity contribution in [3.05, 3.63) is 33.8 Å². The van der Waals surface area contributed by atoms with E-state index in [4.69, 9.17) is 28.9 Å². The number of ether oxygens (including phenoxy) is 1. The Balaban J connectivity index is 0.00000256. The molecule has 0 heterocycles. The van der Waals surface area contributed by atoms with E-state index in [0.717, 1.165) is 5.56 Å².